The van der Waals surface area contributed by atoms with Crippen LogP contribution in [0.5, 0.6) is 0 Å². The van der Waals surface area contributed by atoms with E-state index in [0.29, 0.717) is 12.3 Å². The molecule has 3 heteroatoms. The fourth-order valence-electron chi connectivity index (χ4n) is 1.03. The molecular weight excluding hydrogens is 178 g/mol. The number of ether oxygens (including phenoxy) is 1. The molecule has 0 radical (unpaired) electrons. The second kappa shape index (κ2) is 5.17. The van der Waals surface area contributed by atoms with E-state index in [-0.39, 0.29) is 5.91 Å². The largest absolute Gasteiger partial charge is 0.484 e. The molecule has 3 nitrogen and oxygen atoms in total. The fourth-order valence-corrected chi connectivity index (χ4v) is 1.03. The predicted octanol–water partition coefficient (Wildman–Crippen LogP) is 1.82. The van der Waals surface area contributed by atoms with Gasteiger partial charge in [0, 0.05) is 6.92 Å². The molecule has 0 atom stereocenters. The van der Waals surface area contributed by atoms with Crippen LogP contribution in [-0.4, -0.2) is 18.9 Å². The third kappa shape index (κ3) is 3.39. The lowest BCUT2D eigenvalue weighted by Crippen LogP contribution is -2.04. The summed E-state index contributed by atoms with van der Waals surface area (Å²) in [7, 11) is 1.49. The molecule has 14 heavy (non-hydrogen) atoms. The fraction of sp³-hybridized carbons (Fsp3) is 0.273. The topological polar surface area (TPSA) is 38.7 Å². The van der Waals surface area contributed by atoms with Gasteiger partial charge in [0.2, 0.25) is 0 Å². The lowest BCUT2D eigenvalue weighted by atomic mass is 10.1. The molecule has 1 amide bonds. The van der Waals surface area contributed by atoms with Gasteiger partial charge in [0.15, 0.2) is 5.90 Å². The Morgan fingerprint density at radius 3 is 2.57 bits per heavy atom. The van der Waals surface area contributed by atoms with Crippen LogP contribution in [0.25, 0.3) is 0 Å². The summed E-state index contributed by atoms with van der Waals surface area (Å²) in [4.78, 5) is 15.1. The monoisotopic (exact) mass is 191 g/mol. The molecule has 0 heterocycles. The van der Waals surface area contributed by atoms with Crippen LogP contribution >= 0.6 is 0 Å². The van der Waals surface area contributed by atoms with Crippen molar-refractivity contribution in [2.24, 2.45) is 4.99 Å². The van der Waals surface area contributed by atoms with E-state index >= 15 is 0 Å². The van der Waals surface area contributed by atoms with Crippen LogP contribution in [0.3, 0.4) is 0 Å². The van der Waals surface area contributed by atoms with E-state index in [1.54, 1.807) is 6.92 Å². The molecule has 1 aromatic carbocycles. The first-order chi connectivity index (χ1) is 6.72. The molecule has 1 rings (SSSR count). The summed E-state index contributed by atoms with van der Waals surface area (Å²) in [6.45, 7) is 1.66. The van der Waals surface area contributed by atoms with E-state index < -0.39 is 0 Å². The SMILES string of the molecule is CO/C(C)=N/C(=O)Cc1ccccc1. The molecule has 0 unspecified atom stereocenters. The van der Waals surface area contributed by atoms with Gasteiger partial charge in [-0.2, -0.15) is 4.99 Å². The molecule has 0 bridgehead atoms. The molecule has 0 aliphatic rings. The van der Waals surface area contributed by atoms with Gasteiger partial charge in [-0.3, -0.25) is 4.79 Å². The van der Waals surface area contributed by atoms with E-state index in [4.69, 9.17) is 4.74 Å². The van der Waals surface area contributed by atoms with E-state index in [9.17, 15) is 4.79 Å². The van der Waals surface area contributed by atoms with Crippen LogP contribution in [0.1, 0.15) is 12.5 Å². The van der Waals surface area contributed by atoms with Gasteiger partial charge in [-0.15, -0.1) is 0 Å². The van der Waals surface area contributed by atoms with Gasteiger partial charge in [0.25, 0.3) is 5.91 Å². The number of benzene rings is 1. The quantitative estimate of drug-likeness (QED) is 0.528. The van der Waals surface area contributed by atoms with Gasteiger partial charge in [-0.05, 0) is 5.56 Å². The molecule has 0 saturated carbocycles. The second-order valence-corrected chi connectivity index (χ2v) is 2.89. The van der Waals surface area contributed by atoms with Crippen LogP contribution in [-0.2, 0) is 16.0 Å². The number of aliphatic imine (C=N–C) groups is 1. The van der Waals surface area contributed by atoms with E-state index in [0.717, 1.165) is 5.56 Å². The van der Waals surface area contributed by atoms with Crippen molar-refractivity contribution in [3.63, 3.8) is 0 Å². The Kier molecular flexibility index (Phi) is 3.85. The van der Waals surface area contributed by atoms with Crippen molar-refractivity contribution in [3.8, 4) is 0 Å². The zero-order chi connectivity index (χ0) is 10.4. The second-order valence-electron chi connectivity index (χ2n) is 2.89. The highest BCUT2D eigenvalue weighted by atomic mass is 16.5. The number of carbonyl (C=O) groups excluding carboxylic acids is 1. The van der Waals surface area contributed by atoms with Gasteiger partial charge >= 0.3 is 0 Å². The standard InChI is InChI=1S/C11H13NO2/c1-9(14-2)12-11(13)8-10-6-4-3-5-7-10/h3-7H,8H2,1-2H3/b12-9+. The lowest BCUT2D eigenvalue weighted by Gasteiger charge is -1.98. The van der Waals surface area contributed by atoms with Crippen molar-refractivity contribution in [2.75, 3.05) is 7.11 Å². The first kappa shape index (κ1) is 10.4. The molecule has 0 spiro atoms. The maximum absolute atomic E-state index is 11.3. The summed E-state index contributed by atoms with van der Waals surface area (Å²) < 4.78 is 4.79. The van der Waals surface area contributed by atoms with Crippen LogP contribution in [0.2, 0.25) is 0 Å². The Bertz CT molecular complexity index is 330. The molecule has 0 aromatic heterocycles. The smallest absolute Gasteiger partial charge is 0.253 e. The van der Waals surface area contributed by atoms with Crippen LogP contribution in [0, 0.1) is 0 Å². The number of amides is 1. The molecular formula is C11H13NO2. The van der Waals surface area contributed by atoms with Gasteiger partial charge in [-0.1, -0.05) is 30.3 Å². The first-order valence-electron chi connectivity index (χ1n) is 4.38. The molecule has 74 valence electrons. The average molecular weight is 191 g/mol. The normalized spacial score (nSPS) is 11.1. The number of hydrogen-bond acceptors (Lipinski definition) is 2. The number of rotatable bonds is 2. The lowest BCUT2D eigenvalue weighted by molar-refractivity contribution is -0.117. The number of carbonyl (C=O) groups is 1. The van der Waals surface area contributed by atoms with E-state index in [2.05, 4.69) is 4.99 Å². The number of hydrogen-bond donors (Lipinski definition) is 0. The predicted molar refractivity (Wildman–Crippen MR) is 55.3 cm³/mol. The van der Waals surface area contributed by atoms with Crippen molar-refractivity contribution in [3.05, 3.63) is 35.9 Å². The zero-order valence-corrected chi connectivity index (χ0v) is 8.36. The number of methoxy groups -OCH3 is 1. The van der Waals surface area contributed by atoms with Gasteiger partial charge < -0.3 is 4.74 Å². The molecule has 1 aromatic rings. The van der Waals surface area contributed by atoms with Crippen LogP contribution in [0.4, 0.5) is 0 Å². The summed E-state index contributed by atoms with van der Waals surface area (Å²) in [5.41, 5.74) is 0.963. The Hall–Kier alpha value is -1.64. The average Bonchev–Trinajstić information content (AvgIpc) is 2.19. The molecule has 0 fully saturated rings. The molecule has 0 saturated heterocycles. The van der Waals surface area contributed by atoms with Gasteiger partial charge in [0.1, 0.15) is 0 Å². The molecule has 0 aliphatic carbocycles. The summed E-state index contributed by atoms with van der Waals surface area (Å²) in [5, 5.41) is 0. The minimum absolute atomic E-state index is 0.185. The first-order valence-corrected chi connectivity index (χ1v) is 4.38. The maximum Gasteiger partial charge on any atom is 0.253 e. The van der Waals surface area contributed by atoms with E-state index in [1.807, 2.05) is 30.3 Å². The number of nitrogens with zero attached hydrogens (tertiary/aromatic N) is 1. The summed E-state index contributed by atoms with van der Waals surface area (Å²) in [5.74, 6) is 0.210. The third-order valence-electron chi connectivity index (χ3n) is 1.78. The Labute approximate surface area is 83.4 Å². The van der Waals surface area contributed by atoms with E-state index in [1.165, 1.54) is 7.11 Å². The zero-order valence-electron chi connectivity index (χ0n) is 8.36. The van der Waals surface area contributed by atoms with Gasteiger partial charge in [0.05, 0.1) is 13.5 Å². The van der Waals surface area contributed by atoms with Crippen molar-refractivity contribution < 1.29 is 9.53 Å². The highest BCUT2D eigenvalue weighted by Gasteiger charge is 2.01. The highest BCUT2D eigenvalue weighted by Crippen LogP contribution is 2.00. The minimum Gasteiger partial charge on any atom is -0.484 e. The molecule has 0 N–H and O–H groups in total. The summed E-state index contributed by atoms with van der Waals surface area (Å²) >= 11 is 0. The summed E-state index contributed by atoms with van der Waals surface area (Å²) in [6, 6.07) is 9.51. The van der Waals surface area contributed by atoms with Crippen LogP contribution in [0.15, 0.2) is 35.3 Å². The maximum atomic E-state index is 11.3. The highest BCUT2D eigenvalue weighted by molar-refractivity contribution is 5.91. The Balaban J connectivity index is 2.58. The third-order valence-corrected chi connectivity index (χ3v) is 1.78. The summed E-state index contributed by atoms with van der Waals surface area (Å²) in [6.07, 6.45) is 0.321. The van der Waals surface area contributed by atoms with Crippen LogP contribution < -0.4 is 0 Å². The van der Waals surface area contributed by atoms with Crippen molar-refractivity contribution in [1.82, 2.24) is 0 Å². The van der Waals surface area contributed by atoms with Crippen molar-refractivity contribution >= 4 is 11.8 Å². The van der Waals surface area contributed by atoms with Crippen molar-refractivity contribution in [2.45, 2.75) is 13.3 Å². The van der Waals surface area contributed by atoms with Crippen molar-refractivity contribution in [1.29, 1.82) is 0 Å². The Morgan fingerprint density at radius 1 is 1.36 bits per heavy atom. The molecule has 0 aliphatic heterocycles. The minimum atomic E-state index is -0.185. The Morgan fingerprint density at radius 2 is 2.00 bits per heavy atom. The van der Waals surface area contributed by atoms with Gasteiger partial charge in [-0.25, -0.2) is 0 Å².